The van der Waals surface area contributed by atoms with Gasteiger partial charge in [-0.3, -0.25) is 4.99 Å². The Bertz CT molecular complexity index is 491. The lowest BCUT2D eigenvalue weighted by molar-refractivity contribution is 0.276. The number of hydrogen-bond acceptors (Lipinski definition) is 6. The van der Waals surface area contributed by atoms with Crippen LogP contribution in [-0.2, 0) is 6.54 Å². The Hall–Kier alpha value is -2.24. The summed E-state index contributed by atoms with van der Waals surface area (Å²) < 4.78 is 11.2. The number of nitrogens with one attached hydrogen (secondary N) is 1. The van der Waals surface area contributed by atoms with E-state index in [0.717, 1.165) is 43.1 Å². The van der Waals surface area contributed by atoms with Crippen molar-refractivity contribution in [2.75, 3.05) is 33.4 Å². The largest absolute Gasteiger partial charge is 0.493 e. The van der Waals surface area contributed by atoms with Crippen LogP contribution in [0, 0.1) is 0 Å². The van der Waals surface area contributed by atoms with Gasteiger partial charge in [0.1, 0.15) is 0 Å². The maximum atomic E-state index is 5.79. The van der Waals surface area contributed by atoms with Gasteiger partial charge in [0, 0.05) is 19.8 Å². The van der Waals surface area contributed by atoms with E-state index in [9.17, 15) is 0 Å². The van der Waals surface area contributed by atoms with Crippen LogP contribution in [0.5, 0.6) is 11.5 Å². The van der Waals surface area contributed by atoms with E-state index in [-0.39, 0.29) is 0 Å². The number of nitrogens with zero attached hydrogens (tertiary/aromatic N) is 3. The zero-order valence-corrected chi connectivity index (χ0v) is 12.4. The van der Waals surface area contributed by atoms with Crippen LogP contribution in [-0.4, -0.2) is 51.3 Å². The summed E-state index contributed by atoms with van der Waals surface area (Å²) in [7, 11) is 1.64. The molecule has 0 aromatic heterocycles. The second kappa shape index (κ2) is 8.14. The van der Waals surface area contributed by atoms with Crippen molar-refractivity contribution < 1.29 is 9.47 Å². The van der Waals surface area contributed by atoms with E-state index in [1.807, 2.05) is 24.5 Å². The predicted molar refractivity (Wildman–Crippen MR) is 84.4 cm³/mol. The van der Waals surface area contributed by atoms with E-state index < -0.39 is 0 Å². The minimum atomic E-state index is 0.619. The van der Waals surface area contributed by atoms with Gasteiger partial charge in [0.05, 0.1) is 33.1 Å². The molecule has 1 aliphatic heterocycles. The van der Waals surface area contributed by atoms with E-state index in [1.54, 1.807) is 7.11 Å². The first kappa shape index (κ1) is 15.2. The van der Waals surface area contributed by atoms with Crippen LogP contribution >= 0.6 is 0 Å². The topological polar surface area (TPSA) is 58.5 Å². The number of rotatable bonds is 9. The molecule has 1 N–H and O–H groups in total. The van der Waals surface area contributed by atoms with E-state index in [2.05, 4.69) is 27.1 Å². The van der Waals surface area contributed by atoms with Crippen molar-refractivity contribution in [3.63, 3.8) is 0 Å². The quantitative estimate of drug-likeness (QED) is 0.425. The fourth-order valence-corrected chi connectivity index (χ4v) is 2.12. The first-order valence-electron chi connectivity index (χ1n) is 7.06. The Balaban J connectivity index is 1.80. The molecule has 114 valence electrons. The van der Waals surface area contributed by atoms with Crippen LogP contribution in [0.1, 0.15) is 12.0 Å². The van der Waals surface area contributed by atoms with Gasteiger partial charge in [-0.15, -0.1) is 0 Å². The van der Waals surface area contributed by atoms with Crippen molar-refractivity contribution in [3.05, 3.63) is 23.8 Å². The van der Waals surface area contributed by atoms with Gasteiger partial charge >= 0.3 is 0 Å². The Morgan fingerprint density at radius 1 is 1.43 bits per heavy atom. The van der Waals surface area contributed by atoms with Crippen LogP contribution in [0.25, 0.3) is 0 Å². The first-order valence-corrected chi connectivity index (χ1v) is 7.06. The fraction of sp³-hybridized carbons (Fsp3) is 0.467. The molecule has 0 atom stereocenters. The molecule has 1 aromatic carbocycles. The molecule has 0 spiro atoms. The number of hydrazone groups is 1. The molecule has 1 aliphatic rings. The second-order valence-electron chi connectivity index (χ2n) is 4.74. The molecule has 0 aliphatic carbocycles. The molecule has 1 aromatic rings. The van der Waals surface area contributed by atoms with E-state index >= 15 is 0 Å². The van der Waals surface area contributed by atoms with Crippen molar-refractivity contribution >= 4 is 13.1 Å². The lowest BCUT2D eigenvalue weighted by atomic mass is 10.2. The fourth-order valence-electron chi connectivity index (χ4n) is 2.12. The van der Waals surface area contributed by atoms with Crippen LogP contribution in [0.4, 0.5) is 0 Å². The minimum Gasteiger partial charge on any atom is -0.493 e. The highest BCUT2D eigenvalue weighted by Crippen LogP contribution is 2.28. The molecule has 0 radical (unpaired) electrons. The molecular formula is C15H22N4O2. The summed E-state index contributed by atoms with van der Waals surface area (Å²) in [5.41, 5.74) is 3.89. The molecule has 6 nitrogen and oxygen atoms in total. The molecule has 0 unspecified atom stereocenters. The number of hydrogen-bond donors (Lipinski definition) is 1. The van der Waals surface area contributed by atoms with Gasteiger partial charge in [0.15, 0.2) is 11.5 Å². The summed E-state index contributed by atoms with van der Waals surface area (Å²) in [5, 5.41) is 3.62. The Morgan fingerprint density at radius 2 is 2.33 bits per heavy atom. The van der Waals surface area contributed by atoms with Crippen molar-refractivity contribution in [1.29, 1.82) is 0 Å². The van der Waals surface area contributed by atoms with Gasteiger partial charge < -0.3 is 19.8 Å². The highest BCUT2D eigenvalue weighted by Gasteiger charge is 2.07. The van der Waals surface area contributed by atoms with Gasteiger partial charge in [-0.05, 0) is 24.1 Å². The van der Waals surface area contributed by atoms with Crippen molar-refractivity contribution in [3.8, 4) is 11.5 Å². The van der Waals surface area contributed by atoms with Crippen molar-refractivity contribution in [2.24, 2.45) is 10.1 Å². The Kier molecular flexibility index (Phi) is 5.87. The second-order valence-corrected chi connectivity index (χ2v) is 4.74. The number of benzene rings is 1. The lowest BCUT2D eigenvalue weighted by Crippen LogP contribution is -2.22. The van der Waals surface area contributed by atoms with Crippen molar-refractivity contribution in [2.45, 2.75) is 13.0 Å². The number of methoxy groups -OCH3 is 1. The molecular weight excluding hydrogens is 268 g/mol. The van der Waals surface area contributed by atoms with E-state index in [4.69, 9.17) is 9.47 Å². The summed E-state index contributed by atoms with van der Waals surface area (Å²) in [6.45, 7) is 7.56. The predicted octanol–water partition coefficient (Wildman–Crippen LogP) is 1.51. The number of aliphatic imine (C=N–C) groups is 1. The maximum Gasteiger partial charge on any atom is 0.161 e. The summed E-state index contributed by atoms with van der Waals surface area (Å²) in [4.78, 5) is 6.39. The van der Waals surface area contributed by atoms with Gasteiger partial charge in [-0.1, -0.05) is 6.07 Å². The Labute approximate surface area is 125 Å². The third-order valence-electron chi connectivity index (χ3n) is 3.23. The lowest BCUT2D eigenvalue weighted by Gasteiger charge is -2.15. The molecule has 21 heavy (non-hydrogen) atoms. The molecule has 0 amide bonds. The zero-order valence-electron chi connectivity index (χ0n) is 12.4. The van der Waals surface area contributed by atoms with Gasteiger partial charge in [-0.2, -0.15) is 5.10 Å². The third-order valence-corrected chi connectivity index (χ3v) is 3.23. The SMILES string of the molecule is C=NNCc1ccc(OCCCN2C=NCC2)c(OC)c1. The molecule has 6 heteroatoms. The highest BCUT2D eigenvalue weighted by atomic mass is 16.5. The summed E-state index contributed by atoms with van der Waals surface area (Å²) >= 11 is 0. The molecule has 2 rings (SSSR count). The zero-order chi connectivity index (χ0) is 14.9. The van der Waals surface area contributed by atoms with Gasteiger partial charge in [-0.25, -0.2) is 0 Å². The first-order chi connectivity index (χ1) is 10.3. The normalized spacial score (nSPS) is 13.3. The van der Waals surface area contributed by atoms with Crippen LogP contribution < -0.4 is 14.9 Å². The van der Waals surface area contributed by atoms with Crippen LogP contribution in [0.15, 0.2) is 28.3 Å². The average Bonchev–Trinajstić information content (AvgIpc) is 3.03. The summed E-state index contributed by atoms with van der Waals surface area (Å²) in [6, 6.07) is 5.86. The van der Waals surface area contributed by atoms with Crippen LogP contribution in [0.3, 0.4) is 0 Å². The number of ether oxygens (including phenoxy) is 2. The smallest absolute Gasteiger partial charge is 0.161 e. The third kappa shape index (κ3) is 4.66. The Morgan fingerprint density at radius 3 is 3.05 bits per heavy atom. The molecule has 0 bridgehead atoms. The molecule has 0 fully saturated rings. The van der Waals surface area contributed by atoms with E-state index in [0.29, 0.717) is 13.2 Å². The average molecular weight is 290 g/mol. The molecule has 1 heterocycles. The maximum absolute atomic E-state index is 5.79. The van der Waals surface area contributed by atoms with Crippen LogP contribution in [0.2, 0.25) is 0 Å². The summed E-state index contributed by atoms with van der Waals surface area (Å²) in [6.07, 6.45) is 2.87. The monoisotopic (exact) mass is 290 g/mol. The van der Waals surface area contributed by atoms with Crippen molar-refractivity contribution in [1.82, 2.24) is 10.3 Å². The molecule has 0 saturated heterocycles. The molecule has 0 saturated carbocycles. The minimum absolute atomic E-state index is 0.619. The van der Waals surface area contributed by atoms with E-state index in [1.165, 1.54) is 0 Å². The summed E-state index contributed by atoms with van der Waals surface area (Å²) in [5.74, 6) is 1.50. The highest BCUT2D eigenvalue weighted by molar-refractivity contribution is 5.56. The van der Waals surface area contributed by atoms with Gasteiger partial charge in [0.2, 0.25) is 0 Å². The van der Waals surface area contributed by atoms with Gasteiger partial charge in [0.25, 0.3) is 0 Å². The standard InChI is InChI=1S/C15H22N4O2/c1-16-18-11-13-4-5-14(15(10-13)20-2)21-9-3-7-19-8-6-17-12-19/h4-5,10,12,18H,1,3,6-9,11H2,2H3.